The van der Waals surface area contributed by atoms with E-state index in [9.17, 15) is 19.7 Å². The molecular weight excluding hydrogens is 590 g/mol. The monoisotopic (exact) mass is 617 g/mol. The molecule has 0 saturated heterocycles. The van der Waals surface area contributed by atoms with Gasteiger partial charge < -0.3 is 9.47 Å². The highest BCUT2D eigenvalue weighted by Gasteiger charge is 2.35. The number of hydrogen-bond acceptors (Lipinski definition) is 11. The van der Waals surface area contributed by atoms with Gasteiger partial charge in [-0.3, -0.25) is 19.5 Å². The van der Waals surface area contributed by atoms with Crippen molar-refractivity contribution in [3.05, 3.63) is 113 Å². The van der Waals surface area contributed by atoms with Crippen molar-refractivity contribution >= 4 is 40.8 Å². The van der Waals surface area contributed by atoms with E-state index in [2.05, 4.69) is 9.97 Å². The second-order valence-electron chi connectivity index (χ2n) is 9.27. The summed E-state index contributed by atoms with van der Waals surface area (Å²) in [5.41, 5.74) is 1.34. The number of ether oxygens (including phenoxy) is 2. The van der Waals surface area contributed by atoms with Gasteiger partial charge in [-0.2, -0.15) is 0 Å². The molecule has 2 aromatic carbocycles. The molecule has 1 aliphatic rings. The summed E-state index contributed by atoms with van der Waals surface area (Å²) in [5.74, 6) is -0.0537. The molecule has 1 atom stereocenters. The summed E-state index contributed by atoms with van der Waals surface area (Å²) in [5, 5.41) is 12.1. The van der Waals surface area contributed by atoms with E-state index < -0.39 is 22.5 Å². The van der Waals surface area contributed by atoms with E-state index in [1.807, 2.05) is 25.1 Å². The number of nitrogens with zero attached hydrogens (tertiary/aromatic N) is 5. The van der Waals surface area contributed by atoms with Crippen LogP contribution in [-0.2, 0) is 9.53 Å². The Balaban J connectivity index is 1.76. The first-order valence-corrected chi connectivity index (χ1v) is 15.1. The molecule has 0 bridgehead atoms. The SMILES string of the molecule is CCCC1=C(C(=O)OCC)[C@H](c2ccccc2OC)n2c(s/c(=C/c3cc([N+](=O)[O-])ccc3Sc3ncccn3)c2=O)=N1. The van der Waals surface area contributed by atoms with E-state index in [4.69, 9.17) is 14.5 Å². The van der Waals surface area contributed by atoms with Gasteiger partial charge >= 0.3 is 5.97 Å². The van der Waals surface area contributed by atoms with Gasteiger partial charge in [0, 0.05) is 35.0 Å². The molecule has 2 aromatic heterocycles. The summed E-state index contributed by atoms with van der Waals surface area (Å²) in [4.78, 5) is 53.0. The van der Waals surface area contributed by atoms with Crippen LogP contribution in [0.15, 0.2) is 92.0 Å². The Bertz CT molecular complexity index is 1900. The smallest absolute Gasteiger partial charge is 0.338 e. The Kier molecular flexibility index (Phi) is 9.12. The number of nitro benzene ring substituents is 1. The number of nitro groups is 1. The van der Waals surface area contributed by atoms with Crippen molar-refractivity contribution in [1.29, 1.82) is 0 Å². The van der Waals surface area contributed by atoms with Crippen LogP contribution in [0.4, 0.5) is 5.69 Å². The molecule has 220 valence electrons. The molecule has 11 nitrogen and oxygen atoms in total. The number of hydrogen-bond donors (Lipinski definition) is 0. The number of non-ortho nitro benzene ring substituents is 1. The van der Waals surface area contributed by atoms with Crippen molar-refractivity contribution in [3.63, 3.8) is 0 Å². The maximum absolute atomic E-state index is 14.2. The van der Waals surface area contributed by atoms with Crippen molar-refractivity contribution in [1.82, 2.24) is 14.5 Å². The number of esters is 1. The van der Waals surface area contributed by atoms with Gasteiger partial charge in [0.25, 0.3) is 11.2 Å². The zero-order valence-corrected chi connectivity index (χ0v) is 25.2. The molecule has 3 heterocycles. The first kappa shape index (κ1) is 29.9. The van der Waals surface area contributed by atoms with Crippen LogP contribution in [0.25, 0.3) is 6.08 Å². The van der Waals surface area contributed by atoms with Crippen LogP contribution in [0.5, 0.6) is 5.75 Å². The van der Waals surface area contributed by atoms with Gasteiger partial charge in [0.15, 0.2) is 9.96 Å². The van der Waals surface area contributed by atoms with E-state index >= 15 is 0 Å². The Morgan fingerprint density at radius 2 is 1.93 bits per heavy atom. The predicted octanol–water partition coefficient (Wildman–Crippen LogP) is 4.44. The lowest BCUT2D eigenvalue weighted by molar-refractivity contribution is -0.384. The van der Waals surface area contributed by atoms with Crippen LogP contribution in [0.2, 0.25) is 0 Å². The van der Waals surface area contributed by atoms with E-state index in [-0.39, 0.29) is 22.4 Å². The van der Waals surface area contributed by atoms with Crippen LogP contribution in [0, 0.1) is 10.1 Å². The van der Waals surface area contributed by atoms with Crippen molar-refractivity contribution in [2.24, 2.45) is 4.99 Å². The summed E-state index contributed by atoms with van der Waals surface area (Å²) < 4.78 is 12.9. The molecule has 0 amide bonds. The summed E-state index contributed by atoms with van der Waals surface area (Å²) in [7, 11) is 1.53. The van der Waals surface area contributed by atoms with Crippen LogP contribution in [-0.4, -0.2) is 39.1 Å². The maximum Gasteiger partial charge on any atom is 0.338 e. The number of benzene rings is 2. The molecule has 1 aliphatic heterocycles. The number of thiazole rings is 1. The van der Waals surface area contributed by atoms with Gasteiger partial charge in [-0.15, -0.1) is 0 Å². The minimum absolute atomic E-state index is 0.126. The molecule has 0 aliphatic carbocycles. The quantitative estimate of drug-likeness (QED) is 0.109. The van der Waals surface area contributed by atoms with Gasteiger partial charge in [-0.25, -0.2) is 19.8 Å². The number of aromatic nitrogens is 3. The minimum atomic E-state index is -0.855. The number of carbonyl (C=O) groups excluding carboxylic acids is 1. The van der Waals surface area contributed by atoms with Gasteiger partial charge in [-0.05, 0) is 54.9 Å². The number of methoxy groups -OCH3 is 1. The summed E-state index contributed by atoms with van der Waals surface area (Å²) >= 11 is 2.37. The molecule has 0 saturated carbocycles. The zero-order chi connectivity index (χ0) is 30.5. The Hall–Kier alpha value is -4.62. The largest absolute Gasteiger partial charge is 0.496 e. The Morgan fingerprint density at radius 1 is 1.16 bits per heavy atom. The summed E-state index contributed by atoms with van der Waals surface area (Å²) in [6.45, 7) is 3.86. The van der Waals surface area contributed by atoms with Crippen LogP contribution in [0.1, 0.15) is 43.9 Å². The molecule has 4 aromatic rings. The van der Waals surface area contributed by atoms with Gasteiger partial charge in [0.1, 0.15) is 11.8 Å². The second-order valence-corrected chi connectivity index (χ2v) is 11.3. The van der Waals surface area contributed by atoms with Crippen LogP contribution >= 0.6 is 23.1 Å². The molecule has 0 radical (unpaired) electrons. The molecule has 0 spiro atoms. The lowest BCUT2D eigenvalue weighted by Crippen LogP contribution is -2.40. The van der Waals surface area contributed by atoms with E-state index in [1.165, 1.54) is 35.6 Å². The number of rotatable bonds is 10. The standard InChI is InChI=1S/C30H27N5O6S2/c1-4-9-21-25(28(37)41-5-2)26(20-10-6-7-11-22(20)40-3)34-27(36)24(43-30(34)33-21)17-18-16-19(35(38)39)12-13-23(18)42-29-31-14-8-15-32-29/h6-8,10-17,26H,4-5,9H2,1-3H3/b24-17+/t26-/m0/s1. The van der Waals surface area contributed by atoms with Gasteiger partial charge in [0.05, 0.1) is 34.4 Å². The van der Waals surface area contributed by atoms with Crippen molar-refractivity contribution < 1.29 is 19.2 Å². The average Bonchev–Trinajstić information content (AvgIpc) is 3.32. The van der Waals surface area contributed by atoms with Crippen LogP contribution < -0.4 is 19.6 Å². The third kappa shape index (κ3) is 6.13. The summed E-state index contributed by atoms with van der Waals surface area (Å²) in [6, 6.07) is 12.5. The normalized spacial score (nSPS) is 14.7. The number of para-hydroxylation sites is 1. The van der Waals surface area contributed by atoms with E-state index in [0.29, 0.717) is 50.3 Å². The topological polar surface area (TPSA) is 139 Å². The van der Waals surface area contributed by atoms with Crippen molar-refractivity contribution in [2.75, 3.05) is 13.7 Å². The number of fused-ring (bicyclic) bond motifs is 1. The third-order valence-electron chi connectivity index (χ3n) is 6.56. The first-order chi connectivity index (χ1) is 20.9. The molecule has 13 heteroatoms. The molecule has 0 unspecified atom stereocenters. The van der Waals surface area contributed by atoms with Crippen molar-refractivity contribution in [3.8, 4) is 5.75 Å². The minimum Gasteiger partial charge on any atom is -0.496 e. The fraction of sp³-hybridized carbons (Fsp3) is 0.233. The molecular formula is C30H27N5O6S2. The van der Waals surface area contributed by atoms with Crippen LogP contribution in [0.3, 0.4) is 0 Å². The van der Waals surface area contributed by atoms with E-state index in [1.54, 1.807) is 43.6 Å². The number of allylic oxidation sites excluding steroid dienone is 1. The zero-order valence-electron chi connectivity index (χ0n) is 23.6. The average molecular weight is 618 g/mol. The number of carbonyl (C=O) groups is 1. The van der Waals surface area contributed by atoms with Crippen molar-refractivity contribution in [2.45, 2.75) is 42.8 Å². The Labute approximate surface area is 254 Å². The lowest BCUT2D eigenvalue weighted by atomic mass is 9.93. The summed E-state index contributed by atoms with van der Waals surface area (Å²) in [6.07, 6.45) is 6.02. The van der Waals surface area contributed by atoms with Gasteiger partial charge in [0.2, 0.25) is 0 Å². The highest BCUT2D eigenvalue weighted by molar-refractivity contribution is 7.99. The predicted molar refractivity (Wildman–Crippen MR) is 162 cm³/mol. The third-order valence-corrected chi connectivity index (χ3v) is 8.53. The molecule has 0 fully saturated rings. The first-order valence-electron chi connectivity index (χ1n) is 13.4. The Morgan fingerprint density at radius 3 is 2.63 bits per heavy atom. The fourth-order valence-electron chi connectivity index (χ4n) is 4.74. The van der Waals surface area contributed by atoms with E-state index in [0.717, 1.165) is 11.3 Å². The highest BCUT2D eigenvalue weighted by Crippen LogP contribution is 2.37. The lowest BCUT2D eigenvalue weighted by Gasteiger charge is -2.26. The molecule has 43 heavy (non-hydrogen) atoms. The highest BCUT2D eigenvalue weighted by atomic mass is 32.2. The second kappa shape index (κ2) is 13.1. The van der Waals surface area contributed by atoms with Gasteiger partial charge in [-0.1, -0.05) is 42.9 Å². The molecule has 5 rings (SSSR count). The molecule has 0 N–H and O–H groups in total. The maximum atomic E-state index is 14.2. The fourth-order valence-corrected chi connectivity index (χ4v) is 6.55.